The Morgan fingerprint density at radius 1 is 1.38 bits per heavy atom. The van der Waals surface area contributed by atoms with Gasteiger partial charge in [0.05, 0.1) is 10.7 Å². The van der Waals surface area contributed by atoms with Crippen molar-refractivity contribution in [1.29, 1.82) is 0 Å². The molecule has 1 heterocycles. The van der Waals surface area contributed by atoms with Crippen LogP contribution in [0.5, 0.6) is 0 Å². The summed E-state index contributed by atoms with van der Waals surface area (Å²) in [6, 6.07) is 3.98. The Hall–Kier alpha value is -1.15. The third-order valence-corrected chi connectivity index (χ3v) is 5.21. The number of nitrogens with zero attached hydrogens (tertiary/aromatic N) is 2. The average molecular weight is 352 g/mol. The second kappa shape index (κ2) is 5.92. The predicted octanol–water partition coefficient (Wildman–Crippen LogP) is 2.65. The lowest BCUT2D eigenvalue weighted by atomic mass is 10.2. The number of benzene rings is 1. The largest absolute Gasteiger partial charge is 0.255 e. The standard InChI is InChI=1S/C12H12Cl2FN3O2S/c1-7-11(12(14)18(2)17-7)21(19,20)16-6-8-3-4-10(15)9(13)5-8/h3-5,16H,6H2,1-2H3. The summed E-state index contributed by atoms with van der Waals surface area (Å²) in [7, 11) is -2.27. The number of hydrogen-bond acceptors (Lipinski definition) is 3. The quantitative estimate of drug-likeness (QED) is 0.920. The Morgan fingerprint density at radius 2 is 2.05 bits per heavy atom. The molecule has 5 nitrogen and oxygen atoms in total. The van der Waals surface area contributed by atoms with Crippen LogP contribution in [0, 0.1) is 12.7 Å². The first-order chi connectivity index (χ1) is 9.72. The summed E-state index contributed by atoms with van der Waals surface area (Å²) in [5.41, 5.74) is 0.828. The van der Waals surface area contributed by atoms with Crippen molar-refractivity contribution in [3.05, 3.63) is 45.4 Å². The van der Waals surface area contributed by atoms with Crippen LogP contribution in [-0.2, 0) is 23.6 Å². The summed E-state index contributed by atoms with van der Waals surface area (Å²) in [6.45, 7) is 1.52. The van der Waals surface area contributed by atoms with Gasteiger partial charge in [0.1, 0.15) is 15.9 Å². The van der Waals surface area contributed by atoms with Crippen LogP contribution < -0.4 is 4.72 Å². The van der Waals surface area contributed by atoms with E-state index in [-0.39, 0.29) is 21.6 Å². The van der Waals surface area contributed by atoms with Crippen molar-refractivity contribution in [3.63, 3.8) is 0 Å². The molecular formula is C12H12Cl2FN3O2S. The molecule has 2 rings (SSSR count). The minimum atomic E-state index is -3.82. The Bertz CT molecular complexity index is 790. The van der Waals surface area contributed by atoms with Crippen LogP contribution in [-0.4, -0.2) is 18.2 Å². The lowest BCUT2D eigenvalue weighted by Gasteiger charge is -2.07. The predicted molar refractivity (Wildman–Crippen MR) is 78.4 cm³/mol. The van der Waals surface area contributed by atoms with Crippen molar-refractivity contribution in [2.45, 2.75) is 18.4 Å². The highest BCUT2D eigenvalue weighted by Crippen LogP contribution is 2.24. The van der Waals surface area contributed by atoms with E-state index in [0.29, 0.717) is 11.3 Å². The molecule has 0 saturated carbocycles. The van der Waals surface area contributed by atoms with E-state index in [4.69, 9.17) is 23.2 Å². The van der Waals surface area contributed by atoms with Gasteiger partial charge < -0.3 is 0 Å². The normalized spacial score (nSPS) is 11.9. The maximum Gasteiger partial charge on any atom is 0.245 e. The Labute approximate surface area is 131 Å². The molecule has 0 unspecified atom stereocenters. The topological polar surface area (TPSA) is 64.0 Å². The summed E-state index contributed by atoms with van der Waals surface area (Å²) in [5.74, 6) is -0.561. The van der Waals surface area contributed by atoms with Crippen LogP contribution in [0.15, 0.2) is 23.1 Å². The van der Waals surface area contributed by atoms with Crippen molar-refractivity contribution in [2.24, 2.45) is 7.05 Å². The molecule has 0 bridgehead atoms. The Morgan fingerprint density at radius 3 is 2.57 bits per heavy atom. The molecule has 1 aromatic heterocycles. The second-order valence-electron chi connectivity index (χ2n) is 4.40. The Kier molecular flexibility index (Phi) is 4.57. The van der Waals surface area contributed by atoms with Gasteiger partial charge in [-0.3, -0.25) is 4.68 Å². The van der Waals surface area contributed by atoms with Gasteiger partial charge in [0.15, 0.2) is 0 Å². The first-order valence-corrected chi connectivity index (χ1v) is 8.09. The summed E-state index contributed by atoms with van der Waals surface area (Å²) in [5, 5.41) is 3.91. The zero-order valence-electron chi connectivity index (χ0n) is 11.2. The molecule has 114 valence electrons. The lowest BCUT2D eigenvalue weighted by molar-refractivity contribution is 0.580. The molecule has 0 aliphatic rings. The van der Waals surface area contributed by atoms with Crippen LogP contribution in [0.2, 0.25) is 10.2 Å². The second-order valence-corrected chi connectivity index (χ2v) is 6.87. The van der Waals surface area contributed by atoms with E-state index in [2.05, 4.69) is 9.82 Å². The highest BCUT2D eigenvalue weighted by molar-refractivity contribution is 7.89. The van der Waals surface area contributed by atoms with Gasteiger partial charge in [0.25, 0.3) is 0 Å². The van der Waals surface area contributed by atoms with Gasteiger partial charge in [0.2, 0.25) is 10.0 Å². The zero-order chi connectivity index (χ0) is 15.8. The molecule has 1 N–H and O–H groups in total. The van der Waals surface area contributed by atoms with Gasteiger partial charge in [-0.1, -0.05) is 29.3 Å². The monoisotopic (exact) mass is 351 g/mol. The van der Waals surface area contributed by atoms with Crippen LogP contribution in [0.3, 0.4) is 0 Å². The number of halogens is 3. The summed E-state index contributed by atoms with van der Waals surface area (Å²) in [4.78, 5) is -0.0696. The third-order valence-electron chi connectivity index (χ3n) is 2.82. The number of nitrogens with one attached hydrogen (secondary N) is 1. The van der Waals surface area contributed by atoms with Gasteiger partial charge in [-0.05, 0) is 24.6 Å². The minimum absolute atomic E-state index is 0.0251. The molecule has 0 aliphatic carbocycles. The van der Waals surface area contributed by atoms with Crippen molar-refractivity contribution in [2.75, 3.05) is 0 Å². The van der Waals surface area contributed by atoms with Crippen molar-refractivity contribution < 1.29 is 12.8 Å². The van der Waals surface area contributed by atoms with E-state index < -0.39 is 15.8 Å². The number of sulfonamides is 1. The fraction of sp³-hybridized carbons (Fsp3) is 0.250. The van der Waals surface area contributed by atoms with Crippen LogP contribution in [0.25, 0.3) is 0 Å². The molecular weight excluding hydrogens is 340 g/mol. The smallest absolute Gasteiger partial charge is 0.245 e. The molecule has 0 radical (unpaired) electrons. The van der Waals surface area contributed by atoms with Crippen LogP contribution in [0.1, 0.15) is 11.3 Å². The highest BCUT2D eigenvalue weighted by atomic mass is 35.5. The van der Waals surface area contributed by atoms with Crippen LogP contribution in [0.4, 0.5) is 4.39 Å². The third kappa shape index (κ3) is 3.37. The molecule has 0 aliphatic heterocycles. The first-order valence-electron chi connectivity index (χ1n) is 5.85. The summed E-state index contributed by atoms with van der Waals surface area (Å²) >= 11 is 11.6. The van der Waals surface area contributed by atoms with Crippen molar-refractivity contribution >= 4 is 33.2 Å². The van der Waals surface area contributed by atoms with Gasteiger partial charge in [-0.25, -0.2) is 17.5 Å². The highest BCUT2D eigenvalue weighted by Gasteiger charge is 2.24. The molecule has 0 saturated heterocycles. The molecule has 0 spiro atoms. The van der Waals surface area contributed by atoms with Gasteiger partial charge in [-0.2, -0.15) is 5.10 Å². The summed E-state index contributed by atoms with van der Waals surface area (Å²) in [6.07, 6.45) is 0. The molecule has 9 heteroatoms. The lowest BCUT2D eigenvalue weighted by Crippen LogP contribution is -2.24. The number of aryl methyl sites for hydroxylation is 2. The number of hydrogen-bond donors (Lipinski definition) is 1. The summed E-state index contributed by atoms with van der Waals surface area (Å²) < 4.78 is 41.2. The number of rotatable bonds is 4. The molecule has 2 aromatic rings. The molecule has 21 heavy (non-hydrogen) atoms. The minimum Gasteiger partial charge on any atom is -0.255 e. The maximum atomic E-state index is 13.0. The van der Waals surface area contributed by atoms with E-state index in [1.54, 1.807) is 14.0 Å². The van der Waals surface area contributed by atoms with E-state index in [1.807, 2.05) is 0 Å². The molecule has 1 aromatic carbocycles. The van der Waals surface area contributed by atoms with Crippen molar-refractivity contribution in [3.8, 4) is 0 Å². The zero-order valence-corrected chi connectivity index (χ0v) is 13.5. The van der Waals surface area contributed by atoms with E-state index in [9.17, 15) is 12.8 Å². The first kappa shape index (κ1) is 16.2. The molecule has 0 atom stereocenters. The fourth-order valence-corrected chi connectivity index (χ4v) is 3.78. The Balaban J connectivity index is 2.24. The van der Waals surface area contributed by atoms with Crippen LogP contribution >= 0.6 is 23.2 Å². The van der Waals surface area contributed by atoms with E-state index >= 15 is 0 Å². The van der Waals surface area contributed by atoms with Crippen molar-refractivity contribution in [1.82, 2.24) is 14.5 Å². The van der Waals surface area contributed by atoms with Gasteiger partial charge >= 0.3 is 0 Å². The van der Waals surface area contributed by atoms with Gasteiger partial charge in [0, 0.05) is 13.6 Å². The van der Waals surface area contributed by atoms with Gasteiger partial charge in [-0.15, -0.1) is 0 Å². The molecule has 0 fully saturated rings. The fourth-order valence-electron chi connectivity index (χ4n) is 1.82. The van der Waals surface area contributed by atoms with E-state index in [1.165, 1.54) is 22.9 Å². The molecule has 0 amide bonds. The average Bonchev–Trinajstić information content (AvgIpc) is 2.65. The van der Waals surface area contributed by atoms with E-state index in [0.717, 1.165) is 0 Å². The number of aromatic nitrogens is 2. The maximum absolute atomic E-state index is 13.0. The SMILES string of the molecule is Cc1nn(C)c(Cl)c1S(=O)(=O)NCc1ccc(F)c(Cl)c1.